The van der Waals surface area contributed by atoms with Gasteiger partial charge in [0.1, 0.15) is 0 Å². The third kappa shape index (κ3) is 2.61. The highest BCUT2D eigenvalue weighted by Crippen LogP contribution is 2.25. The van der Waals surface area contributed by atoms with Crippen molar-refractivity contribution in [1.29, 1.82) is 0 Å². The Kier molecular flexibility index (Phi) is 3.21. The Morgan fingerprint density at radius 1 is 1.05 bits per heavy atom. The molecule has 100 valence electrons. The fourth-order valence-corrected chi connectivity index (χ4v) is 2.72. The monoisotopic (exact) mass is 259 g/mol. The van der Waals surface area contributed by atoms with E-state index in [-0.39, 0.29) is 24.9 Å². The zero-order valence-corrected chi connectivity index (χ0v) is 10.7. The molecule has 1 unspecified atom stereocenters. The standard InChI is InChI=1S/C14H17N3O2/c18-13-8-17(9-14(19)16-13)12-3-1-10(2-4-12)11-5-6-15-7-11/h1-4,11,15H,5-9H2,(H,16,18,19). The van der Waals surface area contributed by atoms with Gasteiger partial charge >= 0.3 is 0 Å². The number of hydrogen-bond acceptors (Lipinski definition) is 4. The predicted octanol–water partition coefficient (Wildman–Crippen LogP) is 0.226. The first-order chi connectivity index (χ1) is 9.22. The summed E-state index contributed by atoms with van der Waals surface area (Å²) in [6.45, 7) is 2.60. The minimum atomic E-state index is -0.236. The minimum Gasteiger partial charge on any atom is -0.353 e. The normalized spacial score (nSPS) is 23.6. The first-order valence-electron chi connectivity index (χ1n) is 6.61. The summed E-state index contributed by atoms with van der Waals surface area (Å²) in [4.78, 5) is 24.5. The summed E-state index contributed by atoms with van der Waals surface area (Å²) in [6.07, 6.45) is 1.17. The summed E-state index contributed by atoms with van der Waals surface area (Å²) in [7, 11) is 0. The number of carbonyl (C=O) groups is 2. The van der Waals surface area contributed by atoms with Crippen LogP contribution in [0.25, 0.3) is 0 Å². The molecule has 0 radical (unpaired) electrons. The van der Waals surface area contributed by atoms with Gasteiger partial charge in [0, 0.05) is 12.2 Å². The van der Waals surface area contributed by atoms with Gasteiger partial charge in [0.2, 0.25) is 11.8 Å². The first kappa shape index (κ1) is 12.2. The van der Waals surface area contributed by atoms with E-state index < -0.39 is 0 Å². The smallest absolute Gasteiger partial charge is 0.246 e. The van der Waals surface area contributed by atoms with Crippen molar-refractivity contribution in [3.8, 4) is 0 Å². The van der Waals surface area contributed by atoms with Crippen molar-refractivity contribution in [2.75, 3.05) is 31.1 Å². The molecular weight excluding hydrogens is 242 g/mol. The molecule has 2 aliphatic rings. The Labute approximate surface area is 112 Å². The number of anilines is 1. The topological polar surface area (TPSA) is 61.4 Å². The molecule has 2 N–H and O–H groups in total. The fraction of sp³-hybridized carbons (Fsp3) is 0.429. The zero-order valence-electron chi connectivity index (χ0n) is 10.7. The van der Waals surface area contributed by atoms with Crippen LogP contribution < -0.4 is 15.5 Å². The van der Waals surface area contributed by atoms with Crippen molar-refractivity contribution in [3.05, 3.63) is 29.8 Å². The van der Waals surface area contributed by atoms with Gasteiger partial charge in [0.15, 0.2) is 0 Å². The lowest BCUT2D eigenvalue weighted by atomic mass is 9.98. The molecule has 0 saturated carbocycles. The molecule has 1 aromatic rings. The number of imide groups is 1. The molecule has 2 saturated heterocycles. The third-order valence-corrected chi connectivity index (χ3v) is 3.74. The van der Waals surface area contributed by atoms with Gasteiger partial charge in [-0.1, -0.05) is 12.1 Å². The van der Waals surface area contributed by atoms with E-state index in [2.05, 4.69) is 22.8 Å². The molecule has 2 heterocycles. The Hall–Kier alpha value is -1.88. The third-order valence-electron chi connectivity index (χ3n) is 3.74. The highest BCUT2D eigenvalue weighted by molar-refractivity contribution is 6.02. The maximum Gasteiger partial charge on any atom is 0.246 e. The largest absolute Gasteiger partial charge is 0.353 e. The van der Waals surface area contributed by atoms with Gasteiger partial charge in [0.05, 0.1) is 13.1 Å². The van der Waals surface area contributed by atoms with Crippen LogP contribution in [0.15, 0.2) is 24.3 Å². The van der Waals surface area contributed by atoms with Crippen LogP contribution in [-0.2, 0) is 9.59 Å². The molecular formula is C14H17N3O2. The van der Waals surface area contributed by atoms with Crippen LogP contribution in [-0.4, -0.2) is 38.0 Å². The van der Waals surface area contributed by atoms with Crippen molar-refractivity contribution < 1.29 is 9.59 Å². The highest BCUT2D eigenvalue weighted by Gasteiger charge is 2.23. The van der Waals surface area contributed by atoms with Crippen LogP contribution in [0.4, 0.5) is 5.69 Å². The zero-order chi connectivity index (χ0) is 13.2. The second-order valence-electron chi connectivity index (χ2n) is 5.11. The summed E-state index contributed by atoms with van der Waals surface area (Å²) in [5, 5.41) is 5.66. The van der Waals surface area contributed by atoms with Crippen LogP contribution in [0.5, 0.6) is 0 Å². The molecule has 0 aliphatic carbocycles. The molecule has 1 atom stereocenters. The van der Waals surface area contributed by atoms with Crippen LogP contribution in [0.2, 0.25) is 0 Å². The second kappa shape index (κ2) is 5.01. The lowest BCUT2D eigenvalue weighted by Gasteiger charge is -2.27. The fourth-order valence-electron chi connectivity index (χ4n) is 2.72. The second-order valence-corrected chi connectivity index (χ2v) is 5.11. The van der Waals surface area contributed by atoms with Crippen LogP contribution in [0.3, 0.4) is 0 Å². The van der Waals surface area contributed by atoms with Crippen molar-refractivity contribution >= 4 is 17.5 Å². The number of piperazine rings is 1. The number of hydrogen-bond donors (Lipinski definition) is 2. The van der Waals surface area contributed by atoms with E-state index in [1.54, 1.807) is 4.90 Å². The van der Waals surface area contributed by atoms with E-state index in [4.69, 9.17) is 0 Å². The van der Waals surface area contributed by atoms with Crippen LogP contribution >= 0.6 is 0 Å². The van der Waals surface area contributed by atoms with Gasteiger partial charge in [-0.05, 0) is 36.6 Å². The molecule has 0 spiro atoms. The Morgan fingerprint density at radius 2 is 1.74 bits per heavy atom. The van der Waals surface area contributed by atoms with E-state index >= 15 is 0 Å². The Balaban J connectivity index is 1.74. The summed E-state index contributed by atoms with van der Waals surface area (Å²) >= 11 is 0. The molecule has 1 aromatic carbocycles. The molecule has 2 aliphatic heterocycles. The first-order valence-corrected chi connectivity index (χ1v) is 6.61. The van der Waals surface area contributed by atoms with Gasteiger partial charge in [-0.3, -0.25) is 14.9 Å². The van der Waals surface area contributed by atoms with Gasteiger partial charge < -0.3 is 10.2 Å². The van der Waals surface area contributed by atoms with Crippen molar-refractivity contribution in [3.63, 3.8) is 0 Å². The van der Waals surface area contributed by atoms with E-state index in [0.717, 1.165) is 18.8 Å². The maximum atomic E-state index is 11.4. The Morgan fingerprint density at radius 3 is 2.32 bits per heavy atom. The number of carbonyl (C=O) groups excluding carboxylic acids is 2. The van der Waals surface area contributed by atoms with Crippen molar-refractivity contribution in [2.45, 2.75) is 12.3 Å². The molecule has 5 heteroatoms. The minimum absolute atomic E-state index is 0.236. The quantitative estimate of drug-likeness (QED) is 0.746. The molecule has 3 rings (SSSR count). The van der Waals surface area contributed by atoms with E-state index in [0.29, 0.717) is 5.92 Å². The van der Waals surface area contributed by atoms with Gasteiger partial charge in [0.25, 0.3) is 0 Å². The van der Waals surface area contributed by atoms with Gasteiger partial charge in [-0.2, -0.15) is 0 Å². The van der Waals surface area contributed by atoms with E-state index in [9.17, 15) is 9.59 Å². The number of nitrogens with one attached hydrogen (secondary N) is 2. The molecule has 5 nitrogen and oxygen atoms in total. The lowest BCUT2D eigenvalue weighted by molar-refractivity contribution is -0.130. The van der Waals surface area contributed by atoms with Gasteiger partial charge in [-0.25, -0.2) is 0 Å². The SMILES string of the molecule is O=C1CN(c2ccc(C3CCNC3)cc2)CC(=O)N1. The summed E-state index contributed by atoms with van der Waals surface area (Å²) in [5.41, 5.74) is 2.25. The summed E-state index contributed by atoms with van der Waals surface area (Å²) in [6, 6.07) is 8.20. The summed E-state index contributed by atoms with van der Waals surface area (Å²) < 4.78 is 0. The van der Waals surface area contributed by atoms with E-state index in [1.807, 2.05) is 12.1 Å². The van der Waals surface area contributed by atoms with E-state index in [1.165, 1.54) is 12.0 Å². The number of nitrogens with zero attached hydrogens (tertiary/aromatic N) is 1. The molecule has 0 aromatic heterocycles. The maximum absolute atomic E-state index is 11.4. The number of amides is 2. The van der Waals surface area contributed by atoms with Crippen molar-refractivity contribution in [1.82, 2.24) is 10.6 Å². The summed E-state index contributed by atoms with van der Waals surface area (Å²) in [5.74, 6) is 0.112. The lowest BCUT2D eigenvalue weighted by Crippen LogP contribution is -2.51. The molecule has 19 heavy (non-hydrogen) atoms. The van der Waals surface area contributed by atoms with Crippen molar-refractivity contribution in [2.24, 2.45) is 0 Å². The molecule has 2 amide bonds. The molecule has 2 fully saturated rings. The predicted molar refractivity (Wildman–Crippen MR) is 72.0 cm³/mol. The average Bonchev–Trinajstić information content (AvgIpc) is 2.91. The average molecular weight is 259 g/mol. The van der Waals surface area contributed by atoms with Crippen LogP contribution in [0.1, 0.15) is 17.9 Å². The Bertz CT molecular complexity index is 476. The number of rotatable bonds is 2. The number of benzene rings is 1. The van der Waals surface area contributed by atoms with Crippen LogP contribution in [0, 0.1) is 0 Å². The van der Waals surface area contributed by atoms with Gasteiger partial charge in [-0.15, -0.1) is 0 Å². The molecule has 0 bridgehead atoms. The highest BCUT2D eigenvalue weighted by atomic mass is 16.2.